The van der Waals surface area contributed by atoms with Crippen LogP contribution in [-0.4, -0.2) is 88.0 Å². The minimum atomic E-state index is -4.85. The highest BCUT2D eigenvalue weighted by atomic mass is 32.2. The van der Waals surface area contributed by atoms with Gasteiger partial charge in [0.2, 0.25) is 5.91 Å². The zero-order valence-electron chi connectivity index (χ0n) is 22.7. The number of hydrogen-bond donors (Lipinski definition) is 1. The smallest absolute Gasteiger partial charge is 0.406 e. The minimum absolute atomic E-state index is 0.0146. The van der Waals surface area contributed by atoms with Crippen molar-refractivity contribution in [2.24, 2.45) is 5.41 Å². The third-order valence-electron chi connectivity index (χ3n) is 8.02. The van der Waals surface area contributed by atoms with Gasteiger partial charge in [-0.3, -0.25) is 9.48 Å². The Labute approximate surface area is 239 Å². The number of rotatable bonds is 6. The van der Waals surface area contributed by atoms with Crippen LogP contribution < -0.4 is 15.0 Å². The van der Waals surface area contributed by atoms with Crippen molar-refractivity contribution in [1.29, 1.82) is 0 Å². The second-order valence-electron chi connectivity index (χ2n) is 11.1. The molecule has 0 aromatic carbocycles. The lowest BCUT2D eigenvalue weighted by molar-refractivity contribution is -0.274. The highest BCUT2D eigenvalue weighted by Gasteiger charge is 2.46. The predicted molar refractivity (Wildman–Crippen MR) is 146 cm³/mol. The number of carbonyl (C=O) groups is 1. The number of anilines is 3. The fourth-order valence-electron chi connectivity index (χ4n) is 5.77. The molecule has 3 aliphatic heterocycles. The molecule has 0 radical (unpaired) electrons. The summed E-state index contributed by atoms with van der Waals surface area (Å²) in [6.07, 6.45) is 1.87. The number of carbonyl (C=O) groups excluding carboxylic acids is 1. The van der Waals surface area contributed by atoms with E-state index in [1.807, 2.05) is 4.90 Å². The number of aromatic nitrogens is 5. The molecule has 42 heavy (non-hydrogen) atoms. The Hall–Kier alpha value is -3.95. The third-order valence-corrected chi connectivity index (χ3v) is 9.77. The van der Waals surface area contributed by atoms with E-state index in [0.29, 0.717) is 42.5 Å². The van der Waals surface area contributed by atoms with Gasteiger partial charge in [-0.05, 0) is 25.3 Å². The van der Waals surface area contributed by atoms with Crippen LogP contribution >= 0.6 is 0 Å². The van der Waals surface area contributed by atoms with Crippen molar-refractivity contribution < 1.29 is 31.1 Å². The molecule has 0 saturated carbocycles. The van der Waals surface area contributed by atoms with Crippen molar-refractivity contribution in [3.05, 3.63) is 36.8 Å². The first kappa shape index (κ1) is 28.2. The molecule has 0 aliphatic carbocycles. The summed E-state index contributed by atoms with van der Waals surface area (Å²) in [6, 6.07) is 3.65. The number of halogens is 3. The summed E-state index contributed by atoms with van der Waals surface area (Å²) in [5, 5.41) is 7.33. The van der Waals surface area contributed by atoms with Crippen molar-refractivity contribution >= 4 is 33.2 Å². The molecule has 1 unspecified atom stereocenters. The zero-order valence-corrected chi connectivity index (χ0v) is 23.5. The lowest BCUT2D eigenvalue weighted by Gasteiger charge is -2.54. The molecule has 12 nitrogen and oxygen atoms in total. The van der Waals surface area contributed by atoms with Gasteiger partial charge in [0.25, 0.3) is 0 Å². The van der Waals surface area contributed by atoms with Crippen LogP contribution in [0, 0.1) is 5.41 Å². The average molecular weight is 607 g/mol. The Bertz CT molecular complexity index is 1600. The fourth-order valence-corrected chi connectivity index (χ4v) is 7.48. The minimum Gasteiger partial charge on any atom is -0.406 e. The number of amides is 1. The molecule has 224 valence electrons. The number of piperidine rings is 1. The van der Waals surface area contributed by atoms with Crippen LogP contribution in [0.4, 0.5) is 30.6 Å². The molecule has 0 bridgehead atoms. The molecule has 3 aliphatic rings. The molecule has 1 spiro atoms. The lowest BCUT2D eigenvalue weighted by atomic mass is 9.72. The van der Waals surface area contributed by atoms with Gasteiger partial charge in [-0.2, -0.15) is 5.10 Å². The van der Waals surface area contributed by atoms with Gasteiger partial charge >= 0.3 is 6.36 Å². The van der Waals surface area contributed by atoms with E-state index in [2.05, 4.69) is 30.0 Å². The van der Waals surface area contributed by atoms with Gasteiger partial charge in [-0.1, -0.05) is 0 Å². The van der Waals surface area contributed by atoms with Crippen LogP contribution in [0.25, 0.3) is 11.4 Å². The fraction of sp³-hybridized carbons (Fsp3) is 0.500. The highest BCUT2D eigenvalue weighted by molar-refractivity contribution is 7.91. The van der Waals surface area contributed by atoms with E-state index in [0.717, 1.165) is 38.1 Å². The van der Waals surface area contributed by atoms with E-state index in [9.17, 15) is 26.4 Å². The van der Waals surface area contributed by atoms with Crippen LogP contribution in [0.3, 0.4) is 0 Å². The Morgan fingerprint density at radius 3 is 2.57 bits per heavy atom. The van der Waals surface area contributed by atoms with Gasteiger partial charge < -0.3 is 19.9 Å². The molecule has 6 rings (SSSR count). The largest absolute Gasteiger partial charge is 0.573 e. The molecule has 1 N–H and O–H groups in total. The van der Waals surface area contributed by atoms with E-state index in [1.165, 1.54) is 6.20 Å². The van der Waals surface area contributed by atoms with Crippen molar-refractivity contribution in [2.75, 3.05) is 47.9 Å². The topological polar surface area (TPSA) is 135 Å². The molecule has 3 saturated heterocycles. The summed E-state index contributed by atoms with van der Waals surface area (Å²) >= 11 is 0. The molecule has 1 amide bonds. The number of likely N-dealkylation sites (tertiary alicyclic amines) is 1. The molecule has 16 heteroatoms. The maximum atomic E-state index is 12.7. The van der Waals surface area contributed by atoms with Crippen molar-refractivity contribution in [1.82, 2.24) is 29.6 Å². The highest BCUT2D eigenvalue weighted by Crippen LogP contribution is 2.43. The number of sulfone groups is 1. The molecule has 3 aromatic heterocycles. The van der Waals surface area contributed by atoms with Crippen molar-refractivity contribution in [3.8, 4) is 17.1 Å². The SMILES string of the molecule is CC(=O)N1CCC2(CC1)CN(c1cc(Nc3cc(OC(F)(F)F)ccn3)nc(-c3cnn(C4CCS(=O)(=O)C4)c3)n1)C2. The summed E-state index contributed by atoms with van der Waals surface area (Å²) < 4.78 is 67.8. The number of nitrogens with zero attached hydrogens (tertiary/aromatic N) is 7. The zero-order chi connectivity index (χ0) is 29.7. The van der Waals surface area contributed by atoms with Gasteiger partial charge in [-0.25, -0.2) is 23.4 Å². The van der Waals surface area contributed by atoms with Crippen LogP contribution in [0.15, 0.2) is 36.8 Å². The van der Waals surface area contributed by atoms with Crippen molar-refractivity contribution in [3.63, 3.8) is 0 Å². The monoisotopic (exact) mass is 606 g/mol. The Morgan fingerprint density at radius 1 is 1.14 bits per heavy atom. The van der Waals surface area contributed by atoms with E-state index in [4.69, 9.17) is 4.98 Å². The second kappa shape index (κ2) is 10.4. The second-order valence-corrected chi connectivity index (χ2v) is 13.3. The number of hydrogen-bond acceptors (Lipinski definition) is 10. The van der Waals surface area contributed by atoms with Gasteiger partial charge in [0.1, 0.15) is 23.2 Å². The number of alkyl halides is 3. The summed E-state index contributed by atoms with van der Waals surface area (Å²) in [5.41, 5.74) is 0.644. The predicted octanol–water partition coefficient (Wildman–Crippen LogP) is 3.19. The first-order valence-corrected chi connectivity index (χ1v) is 15.3. The summed E-state index contributed by atoms with van der Waals surface area (Å²) in [7, 11) is -3.11. The Balaban J connectivity index is 1.26. The molecular formula is C26H29F3N8O4S. The van der Waals surface area contributed by atoms with Gasteiger partial charge in [-0.15, -0.1) is 13.2 Å². The number of nitrogens with one attached hydrogen (secondary N) is 1. The van der Waals surface area contributed by atoms with E-state index >= 15 is 0 Å². The summed E-state index contributed by atoms with van der Waals surface area (Å²) in [5.74, 6) is 1.10. The Kier molecular flexibility index (Phi) is 6.98. The first-order chi connectivity index (χ1) is 19.9. The van der Waals surface area contributed by atoms with E-state index in [-0.39, 0.29) is 34.7 Å². The lowest BCUT2D eigenvalue weighted by Crippen LogP contribution is -2.61. The molecule has 3 aromatic rings. The van der Waals surface area contributed by atoms with Crippen LogP contribution in [0.1, 0.15) is 32.2 Å². The van der Waals surface area contributed by atoms with Gasteiger partial charge in [0.05, 0.1) is 29.3 Å². The third kappa shape index (κ3) is 6.12. The molecule has 1 atom stereocenters. The average Bonchev–Trinajstić information content (AvgIpc) is 3.53. The number of pyridine rings is 1. The summed E-state index contributed by atoms with van der Waals surface area (Å²) in [6.45, 7) is 4.48. The first-order valence-electron chi connectivity index (χ1n) is 13.5. The van der Waals surface area contributed by atoms with Crippen LogP contribution in [0.2, 0.25) is 0 Å². The maximum Gasteiger partial charge on any atom is 0.573 e. The molecule has 6 heterocycles. The number of ether oxygens (including phenoxy) is 1. The van der Waals surface area contributed by atoms with Crippen molar-refractivity contribution in [2.45, 2.75) is 38.6 Å². The summed E-state index contributed by atoms with van der Waals surface area (Å²) in [4.78, 5) is 29.2. The maximum absolute atomic E-state index is 12.7. The van der Waals surface area contributed by atoms with Gasteiger partial charge in [0.15, 0.2) is 15.7 Å². The van der Waals surface area contributed by atoms with Crippen LogP contribution in [0.5, 0.6) is 5.75 Å². The molecule has 3 fully saturated rings. The normalized spacial score (nSPS) is 21.3. The standard InChI is InChI=1S/C26H29F3N8O4S/c1-17(38)35-7-4-25(5-8-35)15-36(16-25)23-11-22(32-21-10-20(2-6-30-21)41-26(27,28)29)33-24(34-23)18-12-31-37(13-18)19-3-9-42(39,40)14-19/h2,6,10-13,19H,3-5,7-9,14-16H2,1H3,(H,30,32,33,34). The van der Waals surface area contributed by atoms with Crippen LogP contribution in [-0.2, 0) is 14.6 Å². The van der Waals surface area contributed by atoms with Gasteiger partial charge in [0, 0.05) is 63.0 Å². The molecular weight excluding hydrogens is 577 g/mol. The van der Waals surface area contributed by atoms with E-state index in [1.54, 1.807) is 30.1 Å². The quantitative estimate of drug-likeness (QED) is 0.446. The Morgan fingerprint density at radius 2 is 1.90 bits per heavy atom. The van der Waals surface area contributed by atoms with E-state index < -0.39 is 21.9 Å².